The molecule has 0 bridgehead atoms. The highest BCUT2D eigenvalue weighted by molar-refractivity contribution is 5.95. The van der Waals surface area contributed by atoms with Crippen molar-refractivity contribution in [2.75, 3.05) is 20.3 Å². The Bertz CT molecular complexity index is 1160. The van der Waals surface area contributed by atoms with Gasteiger partial charge in [-0.05, 0) is 85.6 Å². The average Bonchev–Trinajstić information content (AvgIpc) is 2.89. The van der Waals surface area contributed by atoms with Gasteiger partial charge in [0, 0.05) is 5.56 Å². The van der Waals surface area contributed by atoms with Crippen LogP contribution in [0.25, 0.3) is 0 Å². The first-order valence-electron chi connectivity index (χ1n) is 11.2. The second-order valence-electron chi connectivity index (χ2n) is 7.33. The number of hydrazone groups is 1. The van der Waals surface area contributed by atoms with Gasteiger partial charge in [0.25, 0.3) is 5.91 Å². The van der Waals surface area contributed by atoms with Crippen LogP contribution in [0.15, 0.2) is 71.8 Å². The summed E-state index contributed by atoms with van der Waals surface area (Å²) in [5, 5.41) is 4.00. The summed E-state index contributed by atoms with van der Waals surface area (Å²) in [6, 6.07) is 18.5. The van der Waals surface area contributed by atoms with E-state index in [1.807, 2.05) is 13.8 Å². The van der Waals surface area contributed by atoms with Gasteiger partial charge in [0.2, 0.25) is 0 Å². The predicted molar refractivity (Wildman–Crippen MR) is 133 cm³/mol. The third-order valence-electron chi connectivity index (χ3n) is 4.77. The van der Waals surface area contributed by atoms with Crippen LogP contribution in [0.5, 0.6) is 23.0 Å². The first kappa shape index (κ1) is 25.3. The molecule has 3 rings (SSSR count). The molecule has 3 aromatic rings. The fourth-order valence-corrected chi connectivity index (χ4v) is 3.00. The first-order valence-corrected chi connectivity index (χ1v) is 11.2. The van der Waals surface area contributed by atoms with Crippen molar-refractivity contribution in [3.63, 3.8) is 0 Å². The molecule has 0 saturated carbocycles. The van der Waals surface area contributed by atoms with Gasteiger partial charge in [-0.2, -0.15) is 5.10 Å². The van der Waals surface area contributed by atoms with E-state index in [1.54, 1.807) is 73.8 Å². The summed E-state index contributed by atoms with van der Waals surface area (Å²) >= 11 is 0. The zero-order valence-corrected chi connectivity index (χ0v) is 19.9. The smallest absolute Gasteiger partial charge is 0.343 e. The molecule has 1 N–H and O–H groups in total. The van der Waals surface area contributed by atoms with E-state index in [2.05, 4.69) is 10.5 Å². The molecule has 0 aliphatic carbocycles. The number of nitrogens with zero attached hydrogens (tertiary/aromatic N) is 1. The van der Waals surface area contributed by atoms with Crippen LogP contribution in [0.2, 0.25) is 0 Å². The van der Waals surface area contributed by atoms with Crippen molar-refractivity contribution in [2.45, 2.75) is 20.3 Å². The number of rotatable bonds is 11. The second kappa shape index (κ2) is 12.8. The van der Waals surface area contributed by atoms with Gasteiger partial charge in [-0.1, -0.05) is 6.92 Å². The Hall–Kier alpha value is -4.33. The molecule has 0 heterocycles. The highest BCUT2D eigenvalue weighted by atomic mass is 16.6. The molecular weight excluding hydrogens is 448 g/mol. The topological polar surface area (TPSA) is 95.5 Å². The average molecular weight is 477 g/mol. The van der Waals surface area contributed by atoms with Crippen LogP contribution >= 0.6 is 0 Å². The van der Waals surface area contributed by atoms with Gasteiger partial charge in [0.05, 0.1) is 32.1 Å². The summed E-state index contributed by atoms with van der Waals surface area (Å²) in [7, 11) is 1.56. The third-order valence-corrected chi connectivity index (χ3v) is 4.77. The third kappa shape index (κ3) is 7.33. The molecule has 8 nitrogen and oxygen atoms in total. The number of methoxy groups -OCH3 is 1. The maximum Gasteiger partial charge on any atom is 0.343 e. The normalized spacial score (nSPS) is 10.6. The van der Waals surface area contributed by atoms with E-state index in [-0.39, 0.29) is 11.7 Å². The van der Waals surface area contributed by atoms with Gasteiger partial charge in [-0.25, -0.2) is 10.2 Å². The fourth-order valence-electron chi connectivity index (χ4n) is 3.00. The quantitative estimate of drug-likeness (QED) is 0.184. The maximum atomic E-state index is 12.6. The van der Waals surface area contributed by atoms with Gasteiger partial charge in [-0.3, -0.25) is 4.79 Å². The lowest BCUT2D eigenvalue weighted by Crippen LogP contribution is -2.17. The summed E-state index contributed by atoms with van der Waals surface area (Å²) in [4.78, 5) is 24.8. The number of carbonyl (C=O) groups excluding carboxylic acids is 2. The molecule has 0 spiro atoms. The summed E-state index contributed by atoms with van der Waals surface area (Å²) in [6.07, 6.45) is 2.38. The van der Waals surface area contributed by atoms with Crippen LogP contribution in [0.4, 0.5) is 0 Å². The molecule has 3 aromatic carbocycles. The van der Waals surface area contributed by atoms with Gasteiger partial charge >= 0.3 is 5.97 Å². The largest absolute Gasteiger partial charge is 0.497 e. The minimum atomic E-state index is -0.513. The molecule has 0 aliphatic rings. The Morgan fingerprint density at radius 3 is 2.20 bits per heavy atom. The number of hydrogen-bond donors (Lipinski definition) is 1. The SMILES string of the molecule is CCCOc1ccc(C(=O)Oc2ccc(/C=N/NC(=O)c3ccc(OC)cc3)cc2OCC)cc1. The van der Waals surface area contributed by atoms with Crippen molar-refractivity contribution in [3.05, 3.63) is 83.4 Å². The molecule has 35 heavy (non-hydrogen) atoms. The van der Waals surface area contributed by atoms with E-state index < -0.39 is 5.97 Å². The lowest BCUT2D eigenvalue weighted by atomic mass is 10.2. The summed E-state index contributed by atoms with van der Waals surface area (Å²) in [5.41, 5.74) is 3.97. The number of ether oxygens (including phenoxy) is 4. The highest BCUT2D eigenvalue weighted by Gasteiger charge is 2.13. The minimum Gasteiger partial charge on any atom is -0.497 e. The van der Waals surface area contributed by atoms with Gasteiger partial charge in [-0.15, -0.1) is 0 Å². The van der Waals surface area contributed by atoms with E-state index >= 15 is 0 Å². The highest BCUT2D eigenvalue weighted by Crippen LogP contribution is 2.29. The Morgan fingerprint density at radius 1 is 0.857 bits per heavy atom. The zero-order chi connectivity index (χ0) is 25.0. The number of benzene rings is 3. The lowest BCUT2D eigenvalue weighted by Gasteiger charge is -2.12. The van der Waals surface area contributed by atoms with Crippen LogP contribution < -0.4 is 24.4 Å². The van der Waals surface area contributed by atoms with E-state index in [9.17, 15) is 9.59 Å². The Kier molecular flexibility index (Phi) is 9.24. The molecule has 0 unspecified atom stereocenters. The van der Waals surface area contributed by atoms with Crippen LogP contribution in [-0.2, 0) is 0 Å². The van der Waals surface area contributed by atoms with Crippen molar-refractivity contribution in [3.8, 4) is 23.0 Å². The number of hydrogen-bond acceptors (Lipinski definition) is 7. The van der Waals surface area contributed by atoms with Crippen LogP contribution in [0.1, 0.15) is 46.5 Å². The standard InChI is InChI=1S/C27H28N2O6/c1-4-16-34-23-13-9-21(10-14-23)27(31)35-24-15-6-19(17-25(24)33-5-2)18-28-29-26(30)20-7-11-22(32-3)12-8-20/h6-15,17-18H,4-5,16H2,1-3H3,(H,29,30)/b28-18+. The summed E-state index contributed by atoms with van der Waals surface area (Å²) < 4.78 is 21.8. The van der Waals surface area contributed by atoms with Crippen molar-refractivity contribution >= 4 is 18.1 Å². The molecular formula is C27H28N2O6. The Morgan fingerprint density at radius 2 is 1.54 bits per heavy atom. The fraction of sp³-hybridized carbons (Fsp3) is 0.222. The van der Waals surface area contributed by atoms with Crippen molar-refractivity contribution in [2.24, 2.45) is 5.10 Å². The first-order chi connectivity index (χ1) is 17.0. The monoisotopic (exact) mass is 476 g/mol. The van der Waals surface area contributed by atoms with E-state index in [4.69, 9.17) is 18.9 Å². The summed E-state index contributed by atoms with van der Waals surface area (Å²) in [5.74, 6) is 1.15. The number of esters is 1. The van der Waals surface area contributed by atoms with Gasteiger partial charge in [0.1, 0.15) is 11.5 Å². The Balaban J connectivity index is 1.65. The maximum absolute atomic E-state index is 12.6. The van der Waals surface area contributed by atoms with Crippen LogP contribution in [0, 0.1) is 0 Å². The van der Waals surface area contributed by atoms with E-state index in [0.29, 0.717) is 47.2 Å². The zero-order valence-electron chi connectivity index (χ0n) is 19.9. The van der Waals surface area contributed by atoms with Crippen molar-refractivity contribution in [1.29, 1.82) is 0 Å². The Labute approximate surface area is 204 Å². The molecule has 0 aliphatic heterocycles. The molecule has 1 amide bonds. The number of carbonyl (C=O) groups is 2. The van der Waals surface area contributed by atoms with Crippen molar-refractivity contribution in [1.82, 2.24) is 5.43 Å². The van der Waals surface area contributed by atoms with Crippen LogP contribution in [-0.4, -0.2) is 38.4 Å². The molecule has 0 fully saturated rings. The molecule has 182 valence electrons. The van der Waals surface area contributed by atoms with Crippen molar-refractivity contribution < 1.29 is 28.5 Å². The molecule has 0 aromatic heterocycles. The second-order valence-corrected chi connectivity index (χ2v) is 7.33. The van der Waals surface area contributed by atoms with Crippen LogP contribution in [0.3, 0.4) is 0 Å². The van der Waals surface area contributed by atoms with E-state index in [1.165, 1.54) is 6.21 Å². The lowest BCUT2D eigenvalue weighted by molar-refractivity contribution is 0.0728. The van der Waals surface area contributed by atoms with Gasteiger partial charge in [0.15, 0.2) is 11.5 Å². The molecule has 0 atom stereocenters. The molecule has 0 saturated heterocycles. The summed E-state index contributed by atoms with van der Waals surface area (Å²) in [6.45, 7) is 4.85. The molecule has 0 radical (unpaired) electrons. The molecule has 8 heteroatoms. The predicted octanol–water partition coefficient (Wildman–Crippen LogP) is 4.87. The van der Waals surface area contributed by atoms with Gasteiger partial charge < -0.3 is 18.9 Å². The van der Waals surface area contributed by atoms with E-state index in [0.717, 1.165) is 6.42 Å². The minimum absolute atomic E-state index is 0.280. The number of amides is 1. The number of nitrogens with one attached hydrogen (secondary N) is 1.